The molecule has 1 nitrogen and oxygen atoms in total. The van der Waals surface area contributed by atoms with E-state index < -0.39 is 11.7 Å². The van der Waals surface area contributed by atoms with Crippen LogP contribution in [-0.2, 0) is 12.6 Å². The van der Waals surface area contributed by atoms with Gasteiger partial charge in [-0.3, -0.25) is 4.90 Å². The van der Waals surface area contributed by atoms with Crippen molar-refractivity contribution in [2.24, 2.45) is 5.92 Å². The van der Waals surface area contributed by atoms with Gasteiger partial charge >= 0.3 is 6.18 Å². The molecule has 0 radical (unpaired) electrons. The lowest BCUT2D eigenvalue weighted by Crippen LogP contribution is -2.32. The van der Waals surface area contributed by atoms with Gasteiger partial charge in [0.2, 0.25) is 0 Å². The van der Waals surface area contributed by atoms with Crippen LogP contribution in [0.5, 0.6) is 0 Å². The van der Waals surface area contributed by atoms with E-state index in [2.05, 4.69) is 56.0 Å². The van der Waals surface area contributed by atoms with Crippen molar-refractivity contribution < 1.29 is 13.2 Å². The molecular weight excluding hydrogens is 407 g/mol. The van der Waals surface area contributed by atoms with E-state index >= 15 is 0 Å². The van der Waals surface area contributed by atoms with Crippen LogP contribution in [0.2, 0.25) is 0 Å². The fourth-order valence-electron chi connectivity index (χ4n) is 3.98. The van der Waals surface area contributed by atoms with Gasteiger partial charge in [0.15, 0.2) is 0 Å². The summed E-state index contributed by atoms with van der Waals surface area (Å²) in [7, 11) is 0. The molecule has 0 amide bonds. The summed E-state index contributed by atoms with van der Waals surface area (Å²) >= 11 is 0. The fraction of sp³-hybridized carbons (Fsp3) is 0.440. The monoisotopic (exact) mass is 437 g/mol. The molecule has 3 rings (SSSR count). The highest BCUT2D eigenvalue weighted by Gasteiger charge is 2.30. The largest absolute Gasteiger partial charge is 0.416 e. The first-order chi connectivity index (χ1) is 13.7. The first kappa shape index (κ1) is 24.5. The average molecular weight is 438 g/mol. The Kier molecular flexibility index (Phi) is 8.57. The summed E-state index contributed by atoms with van der Waals surface area (Å²) in [6, 6.07) is 14.6. The smallest absolute Gasteiger partial charge is 0.299 e. The Morgan fingerprint density at radius 3 is 2.27 bits per heavy atom. The second-order valence-corrected chi connectivity index (χ2v) is 8.56. The zero-order valence-corrected chi connectivity index (χ0v) is 18.7. The maximum Gasteiger partial charge on any atom is 0.416 e. The minimum absolute atomic E-state index is 0. The zero-order valence-electron chi connectivity index (χ0n) is 17.9. The van der Waals surface area contributed by atoms with Crippen molar-refractivity contribution in [3.05, 3.63) is 76.9 Å². The molecule has 0 aliphatic carbocycles. The lowest BCUT2D eigenvalue weighted by atomic mass is 9.94. The zero-order chi connectivity index (χ0) is 21.0. The van der Waals surface area contributed by atoms with Crippen LogP contribution in [0.15, 0.2) is 54.6 Å². The van der Waals surface area contributed by atoms with Gasteiger partial charge in [0.1, 0.15) is 0 Å². The van der Waals surface area contributed by atoms with Crippen molar-refractivity contribution in [1.29, 1.82) is 0 Å². The molecule has 0 saturated carbocycles. The molecule has 30 heavy (non-hydrogen) atoms. The molecule has 0 saturated heterocycles. The van der Waals surface area contributed by atoms with Crippen molar-refractivity contribution in [3.63, 3.8) is 0 Å². The predicted octanol–water partition coefficient (Wildman–Crippen LogP) is 7.22. The molecule has 1 aliphatic heterocycles. The predicted molar refractivity (Wildman–Crippen MR) is 121 cm³/mol. The highest BCUT2D eigenvalue weighted by atomic mass is 35.5. The Balaban J connectivity index is 0.00000320. The van der Waals surface area contributed by atoms with Crippen molar-refractivity contribution in [2.45, 2.75) is 45.7 Å². The van der Waals surface area contributed by atoms with Gasteiger partial charge in [0.25, 0.3) is 0 Å². The van der Waals surface area contributed by atoms with Gasteiger partial charge in [-0.25, -0.2) is 0 Å². The third-order valence-electron chi connectivity index (χ3n) is 5.58. The summed E-state index contributed by atoms with van der Waals surface area (Å²) in [5, 5.41) is 0. The first-order valence-electron chi connectivity index (χ1n) is 10.4. The van der Waals surface area contributed by atoms with Crippen LogP contribution in [0.3, 0.4) is 0 Å². The Morgan fingerprint density at radius 2 is 1.70 bits per heavy atom. The van der Waals surface area contributed by atoms with E-state index in [1.165, 1.54) is 23.3 Å². The molecule has 164 valence electrons. The first-order valence-corrected chi connectivity index (χ1v) is 10.4. The second kappa shape index (κ2) is 10.5. The number of halogens is 4. The van der Waals surface area contributed by atoms with Crippen LogP contribution in [0, 0.1) is 5.92 Å². The topological polar surface area (TPSA) is 3.24 Å². The van der Waals surface area contributed by atoms with E-state index in [0.29, 0.717) is 17.4 Å². The minimum atomic E-state index is -4.29. The second-order valence-electron chi connectivity index (χ2n) is 8.56. The third-order valence-corrected chi connectivity index (χ3v) is 5.58. The molecule has 2 aromatic rings. The summed E-state index contributed by atoms with van der Waals surface area (Å²) in [6.07, 6.45) is -0.333. The Hall–Kier alpha value is -1.78. The highest BCUT2D eigenvalue weighted by molar-refractivity contribution is 5.85. The fourth-order valence-corrected chi connectivity index (χ4v) is 3.98. The van der Waals surface area contributed by atoms with Gasteiger partial charge in [-0.1, -0.05) is 63.2 Å². The van der Waals surface area contributed by atoms with Crippen LogP contribution >= 0.6 is 12.4 Å². The maximum atomic E-state index is 13.0. The van der Waals surface area contributed by atoms with Crippen LogP contribution in [-0.4, -0.2) is 24.5 Å². The van der Waals surface area contributed by atoms with E-state index in [9.17, 15) is 13.2 Å². The van der Waals surface area contributed by atoms with Crippen molar-refractivity contribution in [1.82, 2.24) is 4.90 Å². The molecule has 1 heterocycles. The lowest BCUT2D eigenvalue weighted by molar-refractivity contribution is -0.137. The lowest BCUT2D eigenvalue weighted by Gasteiger charge is -2.29. The van der Waals surface area contributed by atoms with Crippen LogP contribution in [0.25, 0.3) is 5.57 Å². The Morgan fingerprint density at radius 1 is 1.00 bits per heavy atom. The van der Waals surface area contributed by atoms with Crippen molar-refractivity contribution >= 4 is 18.0 Å². The van der Waals surface area contributed by atoms with E-state index in [1.54, 1.807) is 6.07 Å². The number of alkyl halides is 3. The third kappa shape index (κ3) is 6.61. The summed E-state index contributed by atoms with van der Waals surface area (Å²) in [5.41, 5.74) is 3.84. The molecule has 0 fully saturated rings. The summed E-state index contributed by atoms with van der Waals surface area (Å²) < 4.78 is 38.9. The summed E-state index contributed by atoms with van der Waals surface area (Å²) in [5.74, 6) is 1.08. The van der Waals surface area contributed by atoms with Crippen LogP contribution < -0.4 is 0 Å². The van der Waals surface area contributed by atoms with E-state index in [4.69, 9.17) is 0 Å². The van der Waals surface area contributed by atoms with Gasteiger partial charge in [0.05, 0.1) is 5.56 Å². The van der Waals surface area contributed by atoms with Gasteiger partial charge in [-0.15, -0.1) is 12.4 Å². The molecule has 2 aromatic carbocycles. The average Bonchev–Trinajstić information content (AvgIpc) is 2.68. The number of rotatable bonds is 6. The van der Waals surface area contributed by atoms with E-state index in [0.717, 1.165) is 44.1 Å². The van der Waals surface area contributed by atoms with E-state index in [1.807, 2.05) is 0 Å². The van der Waals surface area contributed by atoms with Gasteiger partial charge in [-0.2, -0.15) is 13.2 Å². The van der Waals surface area contributed by atoms with Crippen LogP contribution in [0.1, 0.15) is 55.4 Å². The van der Waals surface area contributed by atoms with Gasteiger partial charge < -0.3 is 0 Å². The molecule has 0 spiro atoms. The van der Waals surface area contributed by atoms with Crippen LogP contribution in [0.4, 0.5) is 13.2 Å². The molecule has 0 aromatic heterocycles. The number of benzene rings is 2. The standard InChI is InChI=1S/C25H30F3N.ClH/c1-18(2)15-20-7-9-21(10-8-20)19(3)17-29-13-11-22(12-14-29)23-5-4-6-24(16-23)25(26,27)28;/h4-11,16,18-19H,12-15,17H2,1-3H3;1H. The molecule has 1 unspecified atom stereocenters. The molecule has 5 heteroatoms. The molecule has 0 bridgehead atoms. The SMILES string of the molecule is CC(C)Cc1ccc(C(C)CN2CC=C(c3cccc(C(F)(F)F)c3)CC2)cc1.Cl. The van der Waals surface area contributed by atoms with Gasteiger partial charge in [0, 0.05) is 19.6 Å². The number of nitrogens with zero attached hydrogens (tertiary/aromatic N) is 1. The Labute approximate surface area is 184 Å². The Bertz CT molecular complexity index is 840. The minimum Gasteiger partial charge on any atom is -0.299 e. The van der Waals surface area contributed by atoms with Crippen molar-refractivity contribution in [3.8, 4) is 0 Å². The molecule has 0 N–H and O–H groups in total. The number of hydrogen-bond donors (Lipinski definition) is 0. The summed E-state index contributed by atoms with van der Waals surface area (Å²) in [4.78, 5) is 2.38. The van der Waals surface area contributed by atoms with Crippen molar-refractivity contribution in [2.75, 3.05) is 19.6 Å². The normalized spacial score (nSPS) is 16.2. The quantitative estimate of drug-likeness (QED) is 0.461. The molecular formula is C25H31ClF3N. The maximum absolute atomic E-state index is 13.0. The number of hydrogen-bond acceptors (Lipinski definition) is 1. The van der Waals surface area contributed by atoms with Gasteiger partial charge in [-0.05, 0) is 59.1 Å². The highest BCUT2D eigenvalue weighted by Crippen LogP contribution is 2.32. The molecule has 1 aliphatic rings. The summed E-state index contributed by atoms with van der Waals surface area (Å²) in [6.45, 7) is 9.31. The van der Waals surface area contributed by atoms with E-state index in [-0.39, 0.29) is 12.4 Å². The molecule has 1 atom stereocenters.